The van der Waals surface area contributed by atoms with Crippen molar-refractivity contribution in [2.75, 3.05) is 7.11 Å². The van der Waals surface area contributed by atoms with E-state index in [-0.39, 0.29) is 5.97 Å². The van der Waals surface area contributed by atoms with Crippen LogP contribution in [0.2, 0.25) is 0 Å². The van der Waals surface area contributed by atoms with E-state index in [1.807, 2.05) is 24.4 Å². The van der Waals surface area contributed by atoms with Crippen molar-refractivity contribution in [1.29, 1.82) is 0 Å². The van der Waals surface area contributed by atoms with Crippen LogP contribution < -0.4 is 0 Å². The van der Waals surface area contributed by atoms with Crippen LogP contribution >= 0.6 is 11.3 Å². The monoisotopic (exact) mass is 275 g/mol. The maximum absolute atomic E-state index is 11.3. The fourth-order valence-corrected chi connectivity index (χ4v) is 2.06. The van der Waals surface area contributed by atoms with Crippen molar-refractivity contribution in [3.8, 4) is 0 Å². The van der Waals surface area contributed by atoms with E-state index in [1.54, 1.807) is 12.1 Å². The van der Waals surface area contributed by atoms with Crippen LogP contribution in [0.3, 0.4) is 0 Å². The smallest absolute Gasteiger partial charge is 0.337 e. The molecule has 0 unspecified atom stereocenters. The number of carbonyl (C=O) groups is 1. The standard InChI is InChI=1S/C13H13N3O2S/c1-9-8-19-13(15-9)16-14-7-10-3-5-11(6-4-10)12(17)18-2/h3-6,8H,7H2,1-2H3. The summed E-state index contributed by atoms with van der Waals surface area (Å²) in [5, 5.41) is 10.7. The second-order valence-corrected chi connectivity index (χ2v) is 4.70. The molecule has 0 saturated heterocycles. The van der Waals surface area contributed by atoms with Gasteiger partial charge in [-0.05, 0) is 24.6 Å². The molecule has 0 atom stereocenters. The van der Waals surface area contributed by atoms with Crippen LogP contribution in [0, 0.1) is 6.92 Å². The molecular weight excluding hydrogens is 262 g/mol. The van der Waals surface area contributed by atoms with Crippen molar-refractivity contribution in [1.82, 2.24) is 4.98 Å². The van der Waals surface area contributed by atoms with E-state index < -0.39 is 0 Å². The predicted octanol–water partition coefficient (Wildman–Crippen LogP) is 3.52. The van der Waals surface area contributed by atoms with Crippen LogP contribution in [0.5, 0.6) is 0 Å². The average Bonchev–Trinajstić information content (AvgIpc) is 2.84. The molecule has 0 radical (unpaired) electrons. The van der Waals surface area contributed by atoms with Gasteiger partial charge >= 0.3 is 5.97 Å². The first kappa shape index (κ1) is 13.4. The summed E-state index contributed by atoms with van der Waals surface area (Å²) in [6.45, 7) is 2.38. The van der Waals surface area contributed by atoms with Crippen molar-refractivity contribution in [2.24, 2.45) is 10.2 Å². The van der Waals surface area contributed by atoms with Gasteiger partial charge in [0.25, 0.3) is 0 Å². The van der Waals surface area contributed by atoms with Gasteiger partial charge in [-0.15, -0.1) is 16.5 Å². The summed E-state index contributed by atoms with van der Waals surface area (Å²) in [5.74, 6) is -0.341. The molecule has 19 heavy (non-hydrogen) atoms. The summed E-state index contributed by atoms with van der Waals surface area (Å²) in [6.07, 6.45) is 0. The molecule has 1 heterocycles. The highest BCUT2D eigenvalue weighted by Gasteiger charge is 2.03. The molecule has 98 valence electrons. The molecule has 0 fully saturated rings. The molecule has 1 aromatic heterocycles. The van der Waals surface area contributed by atoms with Gasteiger partial charge in [-0.1, -0.05) is 12.1 Å². The van der Waals surface area contributed by atoms with E-state index in [4.69, 9.17) is 0 Å². The Balaban J connectivity index is 1.96. The SMILES string of the molecule is COC(=O)c1ccc(CN=Nc2nc(C)cs2)cc1. The van der Waals surface area contributed by atoms with E-state index in [2.05, 4.69) is 19.9 Å². The van der Waals surface area contributed by atoms with Crippen molar-refractivity contribution < 1.29 is 9.53 Å². The number of thiazole rings is 1. The number of carbonyl (C=O) groups excluding carboxylic acids is 1. The molecule has 0 amide bonds. The highest BCUT2D eigenvalue weighted by Crippen LogP contribution is 2.18. The molecular formula is C13H13N3O2S. The Kier molecular flexibility index (Phi) is 4.35. The summed E-state index contributed by atoms with van der Waals surface area (Å²) in [5.41, 5.74) is 2.45. The lowest BCUT2D eigenvalue weighted by Gasteiger charge is -1.99. The zero-order valence-corrected chi connectivity index (χ0v) is 11.5. The molecule has 6 heteroatoms. The van der Waals surface area contributed by atoms with Crippen LogP contribution in [-0.4, -0.2) is 18.1 Å². The maximum Gasteiger partial charge on any atom is 0.337 e. The first-order valence-corrected chi connectivity index (χ1v) is 6.54. The van der Waals surface area contributed by atoms with Gasteiger partial charge in [0, 0.05) is 5.38 Å². The topological polar surface area (TPSA) is 63.9 Å². The van der Waals surface area contributed by atoms with Gasteiger partial charge in [0.1, 0.15) is 0 Å². The van der Waals surface area contributed by atoms with Crippen LogP contribution in [-0.2, 0) is 11.3 Å². The molecule has 2 aromatic rings. The first-order valence-electron chi connectivity index (χ1n) is 5.66. The Bertz CT molecular complexity index is 590. The number of methoxy groups -OCH3 is 1. The Morgan fingerprint density at radius 3 is 2.68 bits per heavy atom. The van der Waals surface area contributed by atoms with E-state index in [0.29, 0.717) is 17.2 Å². The van der Waals surface area contributed by atoms with E-state index >= 15 is 0 Å². The Morgan fingerprint density at radius 1 is 1.37 bits per heavy atom. The summed E-state index contributed by atoms with van der Waals surface area (Å²) in [4.78, 5) is 15.4. The lowest BCUT2D eigenvalue weighted by molar-refractivity contribution is 0.0600. The summed E-state index contributed by atoms with van der Waals surface area (Å²) in [6, 6.07) is 7.09. The number of azo groups is 1. The van der Waals surface area contributed by atoms with Crippen molar-refractivity contribution in [2.45, 2.75) is 13.5 Å². The average molecular weight is 275 g/mol. The second kappa shape index (κ2) is 6.19. The zero-order chi connectivity index (χ0) is 13.7. The van der Waals surface area contributed by atoms with Gasteiger partial charge < -0.3 is 4.74 Å². The van der Waals surface area contributed by atoms with Gasteiger partial charge in [0.2, 0.25) is 5.13 Å². The summed E-state index contributed by atoms with van der Waals surface area (Å²) >= 11 is 1.46. The fraction of sp³-hybridized carbons (Fsp3) is 0.231. The summed E-state index contributed by atoms with van der Waals surface area (Å²) in [7, 11) is 1.36. The number of hydrogen-bond acceptors (Lipinski definition) is 6. The third-order valence-electron chi connectivity index (χ3n) is 2.39. The van der Waals surface area contributed by atoms with Crippen molar-refractivity contribution in [3.63, 3.8) is 0 Å². The highest BCUT2D eigenvalue weighted by molar-refractivity contribution is 7.13. The minimum absolute atomic E-state index is 0.341. The van der Waals surface area contributed by atoms with E-state index in [0.717, 1.165) is 11.3 Å². The highest BCUT2D eigenvalue weighted by atomic mass is 32.1. The zero-order valence-electron chi connectivity index (χ0n) is 10.7. The quantitative estimate of drug-likeness (QED) is 0.633. The van der Waals surface area contributed by atoms with Crippen LogP contribution in [0.4, 0.5) is 5.13 Å². The molecule has 0 N–H and O–H groups in total. The Hall–Kier alpha value is -2.08. The minimum atomic E-state index is -0.341. The predicted molar refractivity (Wildman–Crippen MR) is 72.9 cm³/mol. The molecule has 0 saturated carbocycles. The van der Waals surface area contributed by atoms with Gasteiger partial charge in [0.05, 0.1) is 24.9 Å². The third kappa shape index (κ3) is 3.69. The lowest BCUT2D eigenvalue weighted by Crippen LogP contribution is -2.00. The number of benzene rings is 1. The molecule has 1 aromatic carbocycles. The molecule has 0 bridgehead atoms. The van der Waals surface area contributed by atoms with Crippen LogP contribution in [0.25, 0.3) is 0 Å². The van der Waals surface area contributed by atoms with Gasteiger partial charge in [-0.25, -0.2) is 9.78 Å². The molecule has 5 nitrogen and oxygen atoms in total. The second-order valence-electron chi connectivity index (χ2n) is 3.86. The number of nitrogens with zero attached hydrogens (tertiary/aromatic N) is 3. The van der Waals surface area contributed by atoms with E-state index in [1.165, 1.54) is 18.4 Å². The number of aromatic nitrogens is 1. The van der Waals surface area contributed by atoms with Crippen LogP contribution in [0.15, 0.2) is 39.9 Å². The Morgan fingerprint density at radius 2 is 2.11 bits per heavy atom. The summed E-state index contributed by atoms with van der Waals surface area (Å²) < 4.78 is 4.63. The third-order valence-corrected chi connectivity index (χ3v) is 3.23. The fourth-order valence-electron chi connectivity index (χ4n) is 1.43. The largest absolute Gasteiger partial charge is 0.465 e. The molecule has 2 rings (SSSR count). The number of aryl methyl sites for hydroxylation is 1. The lowest BCUT2D eigenvalue weighted by atomic mass is 10.1. The number of hydrogen-bond donors (Lipinski definition) is 0. The molecule has 0 spiro atoms. The molecule has 0 aliphatic heterocycles. The molecule has 0 aliphatic rings. The maximum atomic E-state index is 11.3. The van der Waals surface area contributed by atoms with Crippen molar-refractivity contribution in [3.05, 3.63) is 46.5 Å². The Labute approximate surface area is 115 Å². The normalized spacial score (nSPS) is 10.8. The minimum Gasteiger partial charge on any atom is -0.465 e. The van der Waals surface area contributed by atoms with Gasteiger partial charge in [-0.3, -0.25) is 0 Å². The van der Waals surface area contributed by atoms with Crippen LogP contribution in [0.1, 0.15) is 21.6 Å². The number of ether oxygens (including phenoxy) is 1. The number of rotatable bonds is 4. The van der Waals surface area contributed by atoms with Gasteiger partial charge in [0.15, 0.2) is 0 Å². The number of esters is 1. The van der Waals surface area contributed by atoms with Gasteiger partial charge in [-0.2, -0.15) is 5.11 Å². The van der Waals surface area contributed by atoms with Crippen molar-refractivity contribution >= 4 is 22.4 Å². The molecule has 0 aliphatic carbocycles. The first-order chi connectivity index (χ1) is 9.19. The van der Waals surface area contributed by atoms with E-state index in [9.17, 15) is 4.79 Å².